The molecule has 126 valence electrons. The van der Waals surface area contributed by atoms with Gasteiger partial charge >= 0.3 is 0 Å². The molecule has 2 aromatic carbocycles. The second kappa shape index (κ2) is 7.04. The maximum Gasteiger partial charge on any atom is 0.264 e. The zero-order chi connectivity index (χ0) is 17.9. The number of halogens is 1. The summed E-state index contributed by atoms with van der Waals surface area (Å²) in [5.41, 5.74) is 0.691. The molecule has 1 amide bonds. The van der Waals surface area contributed by atoms with E-state index in [4.69, 9.17) is 11.6 Å². The minimum Gasteiger partial charge on any atom is -0.269 e. The topological polar surface area (TPSA) is 76.1 Å². The van der Waals surface area contributed by atoms with E-state index in [1.54, 1.807) is 48.7 Å². The van der Waals surface area contributed by atoms with Crippen molar-refractivity contribution in [2.24, 2.45) is 0 Å². The summed E-state index contributed by atoms with van der Waals surface area (Å²) in [5.74, 6) is -0.744. The molecule has 0 saturated carbocycles. The van der Waals surface area contributed by atoms with E-state index >= 15 is 0 Å². The van der Waals surface area contributed by atoms with Crippen LogP contribution in [0.25, 0.3) is 16.8 Å². The first-order chi connectivity index (χ1) is 12.0. The van der Waals surface area contributed by atoms with E-state index in [9.17, 15) is 13.2 Å². The van der Waals surface area contributed by atoms with Crippen LogP contribution in [0.5, 0.6) is 0 Å². The van der Waals surface area contributed by atoms with Crippen LogP contribution < -0.4 is 4.72 Å². The van der Waals surface area contributed by atoms with Gasteiger partial charge in [0.1, 0.15) is 0 Å². The van der Waals surface area contributed by atoms with Crippen molar-refractivity contribution in [2.45, 2.75) is 4.90 Å². The van der Waals surface area contributed by atoms with Crippen LogP contribution in [-0.2, 0) is 14.8 Å². The van der Waals surface area contributed by atoms with Gasteiger partial charge < -0.3 is 0 Å². The summed E-state index contributed by atoms with van der Waals surface area (Å²) in [6.45, 7) is 0. The van der Waals surface area contributed by atoms with Gasteiger partial charge in [0, 0.05) is 34.3 Å². The number of benzene rings is 2. The van der Waals surface area contributed by atoms with Gasteiger partial charge in [-0.05, 0) is 35.9 Å². The second-order valence-corrected chi connectivity index (χ2v) is 7.30. The van der Waals surface area contributed by atoms with Crippen molar-refractivity contribution >= 4 is 44.4 Å². The number of hydrogen-bond donors (Lipinski definition) is 1. The van der Waals surface area contributed by atoms with Crippen LogP contribution in [0.4, 0.5) is 0 Å². The zero-order valence-corrected chi connectivity index (χ0v) is 14.5. The van der Waals surface area contributed by atoms with Gasteiger partial charge in [-0.1, -0.05) is 35.9 Å². The monoisotopic (exact) mass is 372 g/mol. The van der Waals surface area contributed by atoms with Crippen molar-refractivity contribution in [3.05, 3.63) is 77.6 Å². The molecule has 0 saturated heterocycles. The number of rotatable bonds is 4. The highest BCUT2D eigenvalue weighted by Crippen LogP contribution is 2.21. The van der Waals surface area contributed by atoms with Crippen LogP contribution in [0.1, 0.15) is 5.56 Å². The SMILES string of the molecule is O=C(/C=C/c1cccc(Cl)c1)NS(=O)(=O)c1cccc2cnccc12. The summed E-state index contributed by atoms with van der Waals surface area (Å²) in [5, 5.41) is 1.70. The van der Waals surface area contributed by atoms with Gasteiger partial charge in [0.25, 0.3) is 15.9 Å². The fraction of sp³-hybridized carbons (Fsp3) is 0. The van der Waals surface area contributed by atoms with E-state index in [0.29, 0.717) is 21.4 Å². The third-order valence-electron chi connectivity index (χ3n) is 3.44. The maximum atomic E-state index is 12.5. The molecule has 0 radical (unpaired) electrons. The molecule has 3 aromatic rings. The molecule has 0 atom stereocenters. The van der Waals surface area contributed by atoms with Gasteiger partial charge in [0.05, 0.1) is 4.90 Å². The molecule has 0 unspecified atom stereocenters. The summed E-state index contributed by atoms with van der Waals surface area (Å²) < 4.78 is 27.1. The molecule has 5 nitrogen and oxygen atoms in total. The van der Waals surface area contributed by atoms with Crippen LogP contribution in [0.15, 0.2) is 71.9 Å². The summed E-state index contributed by atoms with van der Waals surface area (Å²) in [6, 6.07) is 13.3. The van der Waals surface area contributed by atoms with Gasteiger partial charge in [0.2, 0.25) is 0 Å². The molecule has 0 aliphatic carbocycles. The van der Waals surface area contributed by atoms with E-state index in [0.717, 1.165) is 6.08 Å². The van der Waals surface area contributed by atoms with E-state index in [1.807, 2.05) is 4.72 Å². The number of carbonyl (C=O) groups is 1. The van der Waals surface area contributed by atoms with E-state index in [1.165, 1.54) is 18.3 Å². The molecule has 0 aliphatic rings. The normalized spacial score (nSPS) is 11.7. The Bertz CT molecular complexity index is 1070. The zero-order valence-electron chi connectivity index (χ0n) is 12.9. The number of fused-ring (bicyclic) bond motifs is 1. The van der Waals surface area contributed by atoms with Gasteiger partial charge in [0.15, 0.2) is 0 Å². The van der Waals surface area contributed by atoms with E-state index < -0.39 is 15.9 Å². The molecule has 1 N–H and O–H groups in total. The lowest BCUT2D eigenvalue weighted by Crippen LogP contribution is -2.29. The Labute approximate surface area is 150 Å². The molecule has 0 fully saturated rings. The second-order valence-electron chi connectivity index (χ2n) is 5.21. The Morgan fingerprint density at radius 1 is 1.12 bits per heavy atom. The number of pyridine rings is 1. The molecule has 0 spiro atoms. The largest absolute Gasteiger partial charge is 0.269 e. The van der Waals surface area contributed by atoms with Gasteiger partial charge in [-0.3, -0.25) is 9.78 Å². The maximum absolute atomic E-state index is 12.5. The molecular weight excluding hydrogens is 360 g/mol. The average molecular weight is 373 g/mol. The van der Waals surface area contributed by atoms with Crippen molar-refractivity contribution in [2.75, 3.05) is 0 Å². The minimum absolute atomic E-state index is 0.0249. The number of hydrogen-bond acceptors (Lipinski definition) is 4. The van der Waals surface area contributed by atoms with Gasteiger partial charge in [-0.2, -0.15) is 0 Å². The quantitative estimate of drug-likeness (QED) is 0.712. The third kappa shape index (κ3) is 4.04. The number of amides is 1. The molecule has 1 heterocycles. The number of nitrogens with zero attached hydrogens (tertiary/aromatic N) is 1. The lowest BCUT2D eigenvalue weighted by atomic mass is 10.2. The molecule has 25 heavy (non-hydrogen) atoms. The van der Waals surface area contributed by atoms with Crippen LogP contribution in [0.3, 0.4) is 0 Å². The standard InChI is InChI=1S/C18H13ClN2O3S/c19-15-5-1-3-13(11-15)7-8-18(22)21-25(23,24)17-6-2-4-14-12-20-10-9-16(14)17/h1-12H,(H,21,22)/b8-7+. The predicted molar refractivity (Wildman–Crippen MR) is 97.6 cm³/mol. The van der Waals surface area contributed by atoms with E-state index in [-0.39, 0.29) is 4.90 Å². The first-order valence-electron chi connectivity index (χ1n) is 7.29. The summed E-state index contributed by atoms with van der Waals surface area (Å²) in [4.78, 5) is 16.0. The molecule has 1 aromatic heterocycles. The van der Waals surface area contributed by atoms with Crippen LogP contribution in [-0.4, -0.2) is 19.3 Å². The van der Waals surface area contributed by atoms with Crippen molar-refractivity contribution in [1.82, 2.24) is 9.71 Å². The summed E-state index contributed by atoms with van der Waals surface area (Å²) >= 11 is 5.87. The summed E-state index contributed by atoms with van der Waals surface area (Å²) in [7, 11) is -4.00. The Hall–Kier alpha value is -2.70. The first kappa shape index (κ1) is 17.1. The van der Waals surface area contributed by atoms with Crippen LogP contribution >= 0.6 is 11.6 Å². The lowest BCUT2D eigenvalue weighted by Gasteiger charge is -2.08. The smallest absolute Gasteiger partial charge is 0.264 e. The predicted octanol–water partition coefficient (Wildman–Crippen LogP) is 3.41. The minimum atomic E-state index is -4.00. The highest BCUT2D eigenvalue weighted by atomic mass is 35.5. The summed E-state index contributed by atoms with van der Waals surface area (Å²) in [6.07, 6.45) is 5.71. The van der Waals surface area contributed by atoms with E-state index in [2.05, 4.69) is 4.98 Å². The number of sulfonamides is 1. The number of aromatic nitrogens is 1. The molecule has 0 aliphatic heterocycles. The van der Waals surface area contributed by atoms with Crippen molar-refractivity contribution in [1.29, 1.82) is 0 Å². The Balaban J connectivity index is 1.84. The highest BCUT2D eigenvalue weighted by Gasteiger charge is 2.18. The molecule has 7 heteroatoms. The third-order valence-corrected chi connectivity index (χ3v) is 5.08. The Morgan fingerprint density at radius 2 is 1.92 bits per heavy atom. The fourth-order valence-electron chi connectivity index (χ4n) is 2.33. The lowest BCUT2D eigenvalue weighted by molar-refractivity contribution is -0.114. The van der Waals surface area contributed by atoms with Crippen LogP contribution in [0, 0.1) is 0 Å². The van der Waals surface area contributed by atoms with Crippen molar-refractivity contribution in [3.63, 3.8) is 0 Å². The van der Waals surface area contributed by atoms with Gasteiger partial charge in [-0.15, -0.1) is 0 Å². The number of carbonyl (C=O) groups excluding carboxylic acids is 1. The first-order valence-corrected chi connectivity index (χ1v) is 9.15. The fourth-order valence-corrected chi connectivity index (χ4v) is 3.71. The van der Waals surface area contributed by atoms with Crippen molar-refractivity contribution in [3.8, 4) is 0 Å². The van der Waals surface area contributed by atoms with Gasteiger partial charge in [-0.25, -0.2) is 13.1 Å². The average Bonchev–Trinajstić information content (AvgIpc) is 2.59. The van der Waals surface area contributed by atoms with Crippen molar-refractivity contribution < 1.29 is 13.2 Å². The van der Waals surface area contributed by atoms with Crippen LogP contribution in [0.2, 0.25) is 5.02 Å². The number of nitrogens with one attached hydrogen (secondary N) is 1. The highest BCUT2D eigenvalue weighted by molar-refractivity contribution is 7.90. The molecule has 0 bridgehead atoms. The molecule has 3 rings (SSSR count). The Morgan fingerprint density at radius 3 is 2.72 bits per heavy atom. The Kier molecular flexibility index (Phi) is 4.83. The molecular formula is C18H13ClN2O3S.